The van der Waals surface area contributed by atoms with Crippen molar-refractivity contribution in [2.75, 3.05) is 13.2 Å². The van der Waals surface area contributed by atoms with Crippen molar-refractivity contribution in [3.05, 3.63) is 119 Å². The topological polar surface area (TPSA) is 206 Å². The third-order valence-electron chi connectivity index (χ3n) is 12.0. The minimum Gasteiger partial charge on any atom is -0.493 e. The fraction of sp³-hybridized carbons (Fsp3) is 0.458. The van der Waals surface area contributed by atoms with Gasteiger partial charge in [0.05, 0.1) is 49.0 Å². The number of nitrogens with zero attached hydrogens (tertiary/aromatic N) is 2. The summed E-state index contributed by atoms with van der Waals surface area (Å²) in [6.45, 7) is 5.42. The van der Waals surface area contributed by atoms with E-state index in [2.05, 4.69) is 20.6 Å². The molecule has 330 valence electrons. The molecule has 62 heavy (non-hydrogen) atoms. The average Bonchev–Trinajstić information content (AvgIpc) is 3.95. The number of aromatic nitrogens is 2. The number of benzene rings is 3. The number of carbonyl (C=O) groups excluding carboxylic acids is 5. The van der Waals surface area contributed by atoms with Crippen molar-refractivity contribution in [3.63, 3.8) is 0 Å². The molecule has 2 heterocycles. The fourth-order valence-electron chi connectivity index (χ4n) is 8.78. The van der Waals surface area contributed by atoms with Crippen LogP contribution in [-0.4, -0.2) is 86.5 Å². The summed E-state index contributed by atoms with van der Waals surface area (Å²) in [5.74, 6) is -3.70. The number of esters is 1. The third-order valence-corrected chi connectivity index (χ3v) is 12.0. The van der Waals surface area contributed by atoms with Crippen molar-refractivity contribution in [3.8, 4) is 5.75 Å². The Morgan fingerprint density at radius 2 is 1.68 bits per heavy atom. The lowest BCUT2D eigenvalue weighted by Crippen LogP contribution is -2.70. The Kier molecular flexibility index (Phi) is 15.7. The summed E-state index contributed by atoms with van der Waals surface area (Å²) in [7, 11) is 0. The molecule has 2 aliphatic rings. The van der Waals surface area contributed by atoms with Gasteiger partial charge in [-0.2, -0.15) is 0 Å². The van der Waals surface area contributed by atoms with Crippen LogP contribution < -0.4 is 21.1 Å². The van der Waals surface area contributed by atoms with Crippen LogP contribution in [0.4, 0.5) is 0 Å². The largest absolute Gasteiger partial charge is 0.493 e. The number of imide groups is 1. The molecule has 1 saturated carbocycles. The molecule has 1 aliphatic heterocycles. The van der Waals surface area contributed by atoms with Gasteiger partial charge in [-0.25, -0.2) is 9.78 Å². The van der Waals surface area contributed by atoms with Crippen molar-refractivity contribution >= 4 is 29.6 Å². The molecule has 0 saturated heterocycles. The second kappa shape index (κ2) is 21.3. The number of hydrogen-bond acceptors (Lipinski definition) is 10. The van der Waals surface area contributed by atoms with Crippen LogP contribution in [0.15, 0.2) is 91.4 Å². The first kappa shape index (κ1) is 45.7. The maximum Gasteiger partial charge on any atom is 0.338 e. The summed E-state index contributed by atoms with van der Waals surface area (Å²) in [6, 6.07) is 20.9. The maximum atomic E-state index is 15.9. The van der Waals surface area contributed by atoms with E-state index in [-0.39, 0.29) is 55.8 Å². The average molecular weight is 849 g/mol. The van der Waals surface area contributed by atoms with Crippen molar-refractivity contribution in [2.24, 2.45) is 17.6 Å². The maximum absolute atomic E-state index is 15.9. The van der Waals surface area contributed by atoms with E-state index < -0.39 is 53.3 Å². The fourth-order valence-corrected chi connectivity index (χ4v) is 8.78. The second-order valence-corrected chi connectivity index (χ2v) is 17.1. The number of imidazole rings is 1. The Labute approximate surface area is 363 Å². The zero-order valence-electron chi connectivity index (χ0n) is 35.9. The highest BCUT2D eigenvalue weighted by Gasteiger charge is 2.58. The Bertz CT molecular complexity index is 2130. The third kappa shape index (κ3) is 11.3. The van der Waals surface area contributed by atoms with Crippen molar-refractivity contribution in [2.45, 2.75) is 115 Å². The van der Waals surface area contributed by atoms with Gasteiger partial charge in [-0.05, 0) is 54.0 Å². The smallest absolute Gasteiger partial charge is 0.338 e. The van der Waals surface area contributed by atoms with Crippen LogP contribution in [0.1, 0.15) is 104 Å². The predicted octanol–water partition coefficient (Wildman–Crippen LogP) is 5.15. The number of fused-ring (bicyclic) bond motifs is 1. The Hall–Kier alpha value is -5.86. The number of amides is 4. The van der Waals surface area contributed by atoms with Gasteiger partial charge in [0.25, 0.3) is 0 Å². The van der Waals surface area contributed by atoms with Crippen LogP contribution >= 0.6 is 0 Å². The number of nitrogens with one attached hydrogen (secondary N) is 3. The number of hydrogen-bond donors (Lipinski definition) is 5. The van der Waals surface area contributed by atoms with Crippen LogP contribution in [0.25, 0.3) is 0 Å². The van der Waals surface area contributed by atoms with Crippen molar-refractivity contribution < 1.29 is 38.6 Å². The molecule has 6 N–H and O–H groups in total. The van der Waals surface area contributed by atoms with Gasteiger partial charge in [-0.3, -0.25) is 24.1 Å². The molecule has 1 aliphatic carbocycles. The SMILES string of the molecule is CC(=O)N(C(=O)C(N)Cc1ccccc1)[C@](Cc1cnc[nH]1)(C(=O)N[C@@H](CC1CCCCC1)[C@@H](O)CC(=O)NCC(C)C)C1COc2ccc(C(=O)OCc3ccccc3)cc21. The molecule has 6 rings (SSSR count). The number of nitrogens with two attached hydrogens (primary N) is 1. The second-order valence-electron chi connectivity index (χ2n) is 17.1. The number of aromatic amines is 1. The molecule has 1 aromatic heterocycles. The molecular weight excluding hydrogens is 789 g/mol. The van der Waals surface area contributed by atoms with Crippen LogP contribution in [0.2, 0.25) is 0 Å². The molecule has 0 radical (unpaired) electrons. The van der Waals surface area contributed by atoms with E-state index in [1.54, 1.807) is 18.2 Å². The Morgan fingerprint density at radius 1 is 0.984 bits per heavy atom. The van der Waals surface area contributed by atoms with Crippen molar-refractivity contribution in [1.82, 2.24) is 25.5 Å². The van der Waals surface area contributed by atoms with Crippen LogP contribution in [-0.2, 0) is 43.4 Å². The summed E-state index contributed by atoms with van der Waals surface area (Å²) >= 11 is 0. The zero-order chi connectivity index (χ0) is 44.2. The first-order chi connectivity index (χ1) is 29.8. The molecule has 1 fully saturated rings. The highest BCUT2D eigenvalue weighted by atomic mass is 16.5. The molecule has 14 nitrogen and oxygen atoms in total. The highest BCUT2D eigenvalue weighted by Crippen LogP contribution is 2.46. The van der Waals surface area contributed by atoms with Gasteiger partial charge in [0, 0.05) is 37.3 Å². The van der Waals surface area contributed by atoms with Crippen LogP contribution in [0, 0.1) is 11.8 Å². The molecule has 3 aromatic carbocycles. The number of aliphatic hydroxyl groups is 1. The number of H-pyrrole nitrogens is 1. The quantitative estimate of drug-likeness (QED) is 0.0785. The van der Waals surface area contributed by atoms with Gasteiger partial charge >= 0.3 is 5.97 Å². The summed E-state index contributed by atoms with van der Waals surface area (Å²) in [6.07, 6.45) is 6.38. The molecule has 14 heteroatoms. The number of aliphatic hydroxyl groups excluding tert-OH is 1. The summed E-state index contributed by atoms with van der Waals surface area (Å²) in [4.78, 5) is 80.2. The minimum atomic E-state index is -2.12. The number of ether oxygens (including phenoxy) is 2. The lowest BCUT2D eigenvalue weighted by molar-refractivity contribution is -0.161. The first-order valence-corrected chi connectivity index (χ1v) is 21.7. The van der Waals surface area contributed by atoms with E-state index in [1.807, 2.05) is 74.5 Å². The van der Waals surface area contributed by atoms with Gasteiger partial charge in [-0.15, -0.1) is 0 Å². The van der Waals surface area contributed by atoms with Crippen LogP contribution in [0.5, 0.6) is 5.75 Å². The number of rotatable bonds is 19. The molecule has 4 amide bonds. The number of carbonyl (C=O) groups is 5. The standard InChI is InChI=1S/C48H60N6O8/c1-31(2)26-51-44(57)24-42(56)41(22-34-15-9-5-10-16-34)53-47(60)48(25-37-27-50-30-52-37,54(32(3)55)45(58)40(49)21-33-13-7-4-8-14-33)39-29-61-43-20-19-36(23-38(39)43)46(59)62-28-35-17-11-6-12-18-35/h4,6-8,11-14,17-20,23,27,30-31,34,39-42,56H,5,9-10,15-16,21-22,24-26,28-29,49H2,1-3H3,(H,50,52)(H,51,57)(H,53,60)/t39?,40?,41-,42-,48-/m0/s1. The van der Waals surface area contributed by atoms with E-state index in [0.717, 1.165) is 48.1 Å². The van der Waals surface area contributed by atoms with E-state index in [1.165, 1.54) is 19.4 Å². The summed E-state index contributed by atoms with van der Waals surface area (Å²) in [5, 5.41) is 17.9. The Morgan fingerprint density at radius 3 is 2.32 bits per heavy atom. The van der Waals surface area contributed by atoms with Crippen LogP contribution in [0.3, 0.4) is 0 Å². The first-order valence-electron chi connectivity index (χ1n) is 21.7. The van der Waals surface area contributed by atoms with E-state index >= 15 is 4.79 Å². The van der Waals surface area contributed by atoms with Gasteiger partial charge < -0.3 is 35.9 Å². The minimum absolute atomic E-state index is 0.0228. The van der Waals surface area contributed by atoms with E-state index in [4.69, 9.17) is 15.2 Å². The summed E-state index contributed by atoms with van der Waals surface area (Å²) in [5.41, 5.74) is 7.11. The molecular formula is C48H60N6O8. The molecule has 5 atom stereocenters. The molecule has 0 bridgehead atoms. The van der Waals surface area contributed by atoms with E-state index in [0.29, 0.717) is 30.0 Å². The normalized spacial score (nSPS) is 17.4. The molecule has 0 spiro atoms. The van der Waals surface area contributed by atoms with Crippen molar-refractivity contribution in [1.29, 1.82) is 0 Å². The molecule has 4 aromatic rings. The predicted molar refractivity (Wildman–Crippen MR) is 233 cm³/mol. The highest BCUT2D eigenvalue weighted by molar-refractivity contribution is 6.05. The van der Waals surface area contributed by atoms with Gasteiger partial charge in [0.2, 0.25) is 23.6 Å². The molecule has 2 unspecified atom stereocenters. The lowest BCUT2D eigenvalue weighted by Gasteiger charge is -2.46. The van der Waals surface area contributed by atoms with Gasteiger partial charge in [0.15, 0.2) is 0 Å². The Balaban J connectivity index is 1.46. The van der Waals surface area contributed by atoms with Gasteiger partial charge in [-0.1, -0.05) is 107 Å². The zero-order valence-corrected chi connectivity index (χ0v) is 35.9. The van der Waals surface area contributed by atoms with E-state index in [9.17, 15) is 24.3 Å². The monoisotopic (exact) mass is 848 g/mol. The summed E-state index contributed by atoms with van der Waals surface area (Å²) < 4.78 is 11.9. The van der Waals surface area contributed by atoms with Gasteiger partial charge in [0.1, 0.15) is 17.9 Å². The lowest BCUT2D eigenvalue weighted by atomic mass is 9.73.